The molecule has 5 aromatic rings. The number of hydrogen-bond donors (Lipinski definition) is 1. The highest BCUT2D eigenvalue weighted by Gasteiger charge is 2.22. The largest absolute Gasteiger partial charge is 0.325 e. The molecule has 0 unspecified atom stereocenters. The molecule has 0 aliphatic carbocycles. The molecule has 1 amide bonds. The summed E-state index contributed by atoms with van der Waals surface area (Å²) in [6.07, 6.45) is 0. The van der Waals surface area contributed by atoms with E-state index in [1.54, 1.807) is 4.52 Å². The summed E-state index contributed by atoms with van der Waals surface area (Å²) in [7, 11) is 0. The van der Waals surface area contributed by atoms with E-state index in [4.69, 9.17) is 0 Å². The number of carbonyl (C=O) groups is 1. The highest BCUT2D eigenvalue weighted by Crippen LogP contribution is 2.29. The molecule has 31 heavy (non-hydrogen) atoms. The van der Waals surface area contributed by atoms with Crippen LogP contribution >= 0.6 is 11.3 Å². The summed E-state index contributed by atoms with van der Waals surface area (Å²) in [4.78, 5) is 14.0. The maximum absolute atomic E-state index is 13.2. The van der Waals surface area contributed by atoms with Crippen LogP contribution in [-0.4, -0.2) is 25.7 Å². The van der Waals surface area contributed by atoms with Crippen LogP contribution in [-0.2, 0) is 4.79 Å². The van der Waals surface area contributed by atoms with Crippen molar-refractivity contribution in [1.29, 1.82) is 0 Å². The van der Waals surface area contributed by atoms with Crippen molar-refractivity contribution in [2.45, 2.75) is 12.8 Å². The van der Waals surface area contributed by atoms with Crippen LogP contribution in [0.5, 0.6) is 0 Å². The minimum atomic E-state index is -0.385. The van der Waals surface area contributed by atoms with Crippen molar-refractivity contribution in [3.63, 3.8) is 0 Å². The SMILES string of the molecule is Cc1nnc2sc(-c3ccc(NC(=O)C(c4ccccc4)c4ccccc4)cc3)nn12. The van der Waals surface area contributed by atoms with Crippen LogP contribution in [0, 0.1) is 6.92 Å². The minimum absolute atomic E-state index is 0.0698. The molecule has 0 spiro atoms. The van der Waals surface area contributed by atoms with Crippen molar-refractivity contribution in [2.75, 3.05) is 5.32 Å². The molecular formula is C24H19N5OS. The maximum Gasteiger partial charge on any atom is 0.236 e. The Labute approximate surface area is 183 Å². The third kappa shape index (κ3) is 3.83. The fraction of sp³-hybridized carbons (Fsp3) is 0.0833. The molecule has 2 heterocycles. The van der Waals surface area contributed by atoms with Crippen LogP contribution in [0.2, 0.25) is 0 Å². The van der Waals surface area contributed by atoms with Gasteiger partial charge in [0.2, 0.25) is 10.9 Å². The third-order valence-electron chi connectivity index (χ3n) is 5.07. The number of rotatable bonds is 5. The molecule has 0 radical (unpaired) electrons. The van der Waals surface area contributed by atoms with E-state index in [0.29, 0.717) is 0 Å². The predicted octanol–water partition coefficient (Wildman–Crippen LogP) is 4.93. The van der Waals surface area contributed by atoms with Gasteiger partial charge in [-0.25, -0.2) is 0 Å². The fourth-order valence-corrected chi connectivity index (χ4v) is 4.42. The standard InChI is InChI=1S/C24H19N5OS/c1-16-26-27-24-29(16)28-23(31-24)19-12-14-20(15-13-19)25-22(30)21(17-8-4-2-5-9-17)18-10-6-3-7-11-18/h2-15,21H,1H3,(H,25,30). The van der Waals surface area contributed by atoms with Gasteiger partial charge in [0.15, 0.2) is 5.82 Å². The summed E-state index contributed by atoms with van der Waals surface area (Å²) in [6, 6.07) is 27.4. The van der Waals surface area contributed by atoms with Gasteiger partial charge in [0, 0.05) is 11.3 Å². The highest BCUT2D eigenvalue weighted by atomic mass is 32.1. The minimum Gasteiger partial charge on any atom is -0.325 e. The second-order valence-electron chi connectivity index (χ2n) is 7.17. The van der Waals surface area contributed by atoms with E-state index >= 15 is 0 Å². The summed E-state index contributed by atoms with van der Waals surface area (Å²) in [6.45, 7) is 1.87. The number of aryl methyl sites for hydroxylation is 1. The molecule has 2 aromatic heterocycles. The number of nitrogens with one attached hydrogen (secondary N) is 1. The number of anilines is 1. The van der Waals surface area contributed by atoms with Crippen molar-refractivity contribution in [2.24, 2.45) is 0 Å². The lowest BCUT2D eigenvalue weighted by atomic mass is 9.90. The van der Waals surface area contributed by atoms with Crippen LogP contribution in [0.3, 0.4) is 0 Å². The number of benzene rings is 3. The van der Waals surface area contributed by atoms with E-state index in [1.807, 2.05) is 91.9 Å². The average Bonchev–Trinajstić information content (AvgIpc) is 3.38. The Morgan fingerprint density at radius 1 is 0.871 bits per heavy atom. The first-order valence-electron chi connectivity index (χ1n) is 9.89. The molecule has 152 valence electrons. The van der Waals surface area contributed by atoms with Gasteiger partial charge in [0.1, 0.15) is 5.01 Å². The van der Waals surface area contributed by atoms with Gasteiger partial charge in [0.05, 0.1) is 5.92 Å². The number of nitrogens with zero attached hydrogens (tertiary/aromatic N) is 4. The van der Waals surface area contributed by atoms with Gasteiger partial charge in [-0.15, -0.1) is 10.2 Å². The summed E-state index contributed by atoms with van der Waals surface area (Å²) < 4.78 is 1.74. The lowest BCUT2D eigenvalue weighted by Gasteiger charge is -2.18. The topological polar surface area (TPSA) is 72.2 Å². The normalized spacial score (nSPS) is 11.2. The Hall–Kier alpha value is -3.84. The molecular weight excluding hydrogens is 406 g/mol. The summed E-state index contributed by atoms with van der Waals surface area (Å²) in [5, 5.41) is 16.6. The molecule has 3 aromatic carbocycles. The molecule has 0 fully saturated rings. The zero-order chi connectivity index (χ0) is 21.2. The number of carbonyl (C=O) groups excluding carboxylic acids is 1. The van der Waals surface area contributed by atoms with Crippen molar-refractivity contribution in [3.05, 3.63) is 102 Å². The molecule has 0 atom stereocenters. The van der Waals surface area contributed by atoms with Crippen LogP contribution in [0.1, 0.15) is 22.9 Å². The lowest BCUT2D eigenvalue weighted by molar-refractivity contribution is -0.116. The monoisotopic (exact) mass is 425 g/mol. The molecule has 5 rings (SSSR count). The smallest absolute Gasteiger partial charge is 0.236 e. The Morgan fingerprint density at radius 2 is 1.48 bits per heavy atom. The Kier molecular flexibility index (Phi) is 5.01. The van der Waals surface area contributed by atoms with Crippen LogP contribution in [0.15, 0.2) is 84.9 Å². The third-order valence-corrected chi connectivity index (χ3v) is 6.02. The van der Waals surface area contributed by atoms with E-state index in [-0.39, 0.29) is 11.8 Å². The zero-order valence-corrected chi connectivity index (χ0v) is 17.6. The Balaban J connectivity index is 1.39. The van der Waals surface area contributed by atoms with Gasteiger partial charge in [-0.3, -0.25) is 4.79 Å². The van der Waals surface area contributed by atoms with Crippen molar-refractivity contribution in [3.8, 4) is 10.6 Å². The lowest BCUT2D eigenvalue weighted by Crippen LogP contribution is -2.22. The first-order valence-corrected chi connectivity index (χ1v) is 10.7. The van der Waals surface area contributed by atoms with Gasteiger partial charge in [0.25, 0.3) is 0 Å². The zero-order valence-electron chi connectivity index (χ0n) is 16.8. The van der Waals surface area contributed by atoms with Crippen molar-refractivity contribution < 1.29 is 4.79 Å². The molecule has 0 aliphatic heterocycles. The number of amides is 1. The Bertz CT molecular complexity index is 1290. The van der Waals surface area contributed by atoms with Crippen LogP contribution in [0.25, 0.3) is 15.5 Å². The van der Waals surface area contributed by atoms with E-state index in [0.717, 1.165) is 38.2 Å². The van der Waals surface area contributed by atoms with E-state index in [1.165, 1.54) is 11.3 Å². The molecule has 0 saturated carbocycles. The number of hydrogen-bond acceptors (Lipinski definition) is 5. The Morgan fingerprint density at radius 3 is 2.06 bits per heavy atom. The van der Waals surface area contributed by atoms with Gasteiger partial charge in [-0.1, -0.05) is 72.0 Å². The molecule has 0 bridgehead atoms. The second kappa shape index (κ2) is 8.12. The van der Waals surface area contributed by atoms with Crippen LogP contribution < -0.4 is 5.32 Å². The fourth-order valence-electron chi connectivity index (χ4n) is 3.53. The first-order chi connectivity index (χ1) is 15.2. The van der Waals surface area contributed by atoms with E-state index in [2.05, 4.69) is 20.6 Å². The molecule has 7 heteroatoms. The molecule has 1 N–H and O–H groups in total. The van der Waals surface area contributed by atoms with Gasteiger partial charge in [-0.05, 0) is 42.3 Å². The summed E-state index contributed by atoms with van der Waals surface area (Å²) in [5.74, 6) is 0.304. The molecule has 0 saturated heterocycles. The quantitative estimate of drug-likeness (QED) is 0.433. The van der Waals surface area contributed by atoms with Crippen LogP contribution in [0.4, 0.5) is 5.69 Å². The summed E-state index contributed by atoms with van der Waals surface area (Å²) in [5.41, 5.74) is 3.62. The van der Waals surface area contributed by atoms with E-state index in [9.17, 15) is 4.79 Å². The van der Waals surface area contributed by atoms with Gasteiger partial charge in [-0.2, -0.15) is 9.61 Å². The second-order valence-corrected chi connectivity index (χ2v) is 8.13. The molecule has 0 aliphatic rings. The van der Waals surface area contributed by atoms with E-state index < -0.39 is 0 Å². The average molecular weight is 426 g/mol. The maximum atomic E-state index is 13.2. The summed E-state index contributed by atoms with van der Waals surface area (Å²) >= 11 is 1.48. The highest BCUT2D eigenvalue weighted by molar-refractivity contribution is 7.19. The molecule has 6 nitrogen and oxygen atoms in total. The first kappa shape index (κ1) is 19.1. The predicted molar refractivity (Wildman–Crippen MR) is 122 cm³/mol. The van der Waals surface area contributed by atoms with Crippen molar-refractivity contribution in [1.82, 2.24) is 19.8 Å². The number of fused-ring (bicyclic) bond motifs is 1. The van der Waals surface area contributed by atoms with Crippen molar-refractivity contribution >= 4 is 27.9 Å². The van der Waals surface area contributed by atoms with Gasteiger partial charge < -0.3 is 5.32 Å². The number of aromatic nitrogens is 4. The van der Waals surface area contributed by atoms with Gasteiger partial charge >= 0.3 is 0 Å².